The van der Waals surface area contributed by atoms with Crippen molar-refractivity contribution in [2.45, 2.75) is 31.7 Å². The monoisotopic (exact) mass is 454 g/mol. The highest BCUT2D eigenvalue weighted by atomic mass is 32.2. The van der Waals surface area contributed by atoms with Crippen molar-refractivity contribution in [2.75, 3.05) is 17.7 Å². The molecule has 1 saturated heterocycles. The number of ether oxygens (including phenoxy) is 1. The van der Waals surface area contributed by atoms with Gasteiger partial charge in [-0.15, -0.1) is 23.1 Å². The maximum atomic E-state index is 12.5. The number of thioether (sulfide) groups is 1. The Bertz CT molecular complexity index is 958. The summed E-state index contributed by atoms with van der Waals surface area (Å²) in [7, 11) is 0. The Morgan fingerprint density at radius 2 is 2.07 bits per heavy atom. The van der Waals surface area contributed by atoms with E-state index in [0.29, 0.717) is 16.4 Å². The summed E-state index contributed by atoms with van der Waals surface area (Å²) in [5, 5.41) is 16.1. The second-order valence-electron chi connectivity index (χ2n) is 6.49. The maximum Gasteiger partial charge on any atom is 0.352 e. The molecule has 2 aliphatic heterocycles. The van der Waals surface area contributed by atoms with Crippen LogP contribution in [0.15, 0.2) is 16.7 Å². The van der Waals surface area contributed by atoms with Crippen molar-refractivity contribution in [2.24, 2.45) is 0 Å². The Hall–Kier alpha value is -2.93. The first-order valence-corrected chi connectivity index (χ1v) is 10.6. The van der Waals surface area contributed by atoms with E-state index in [1.165, 1.54) is 36.9 Å². The van der Waals surface area contributed by atoms with E-state index in [-0.39, 0.29) is 30.4 Å². The Morgan fingerprint density at radius 3 is 2.70 bits per heavy atom. The quantitative estimate of drug-likeness (QED) is 0.380. The number of carbonyl (C=O) groups is 5. The second-order valence-corrected chi connectivity index (χ2v) is 8.46. The number of aliphatic carboxylic acids is 1. The van der Waals surface area contributed by atoms with Crippen molar-refractivity contribution in [3.63, 3.8) is 0 Å². The highest BCUT2D eigenvalue weighted by molar-refractivity contribution is 8.00. The average molecular weight is 454 g/mol. The molecule has 3 amide bonds. The van der Waals surface area contributed by atoms with Crippen molar-refractivity contribution in [1.29, 1.82) is 0 Å². The summed E-state index contributed by atoms with van der Waals surface area (Å²) in [5.41, 5.74) is 0.552. The van der Waals surface area contributed by atoms with E-state index in [2.05, 4.69) is 15.6 Å². The number of fused-ring (bicyclic) bond motifs is 1. The van der Waals surface area contributed by atoms with Gasteiger partial charge >= 0.3 is 11.9 Å². The summed E-state index contributed by atoms with van der Waals surface area (Å²) in [6.45, 7) is 2.35. The number of carboxylic acid groups (broad SMARTS) is 1. The molecule has 0 aliphatic carbocycles. The van der Waals surface area contributed by atoms with E-state index < -0.39 is 35.2 Å². The van der Waals surface area contributed by atoms with Crippen LogP contribution in [0.5, 0.6) is 0 Å². The van der Waals surface area contributed by atoms with Gasteiger partial charge in [0.25, 0.3) is 5.91 Å². The van der Waals surface area contributed by atoms with Crippen LogP contribution in [-0.2, 0) is 35.1 Å². The number of rotatable bonds is 7. The number of carboxylic acids is 1. The van der Waals surface area contributed by atoms with E-state index >= 15 is 0 Å². The molecule has 1 aromatic rings. The number of hydrogen-bond donors (Lipinski definition) is 3. The fourth-order valence-corrected chi connectivity index (χ4v) is 5.05. The average Bonchev–Trinajstić information content (AvgIpc) is 3.09. The maximum absolute atomic E-state index is 12.5. The minimum atomic E-state index is -1.30. The fraction of sp³-hybridized carbons (Fsp3) is 0.412. The summed E-state index contributed by atoms with van der Waals surface area (Å²) < 4.78 is 4.88. The lowest BCUT2D eigenvalue weighted by atomic mass is 10.0. The van der Waals surface area contributed by atoms with Crippen LogP contribution in [-0.4, -0.2) is 68.4 Å². The SMILES string of the molecule is CC(=O)Nc1nc(CC(=O)NC2C(=O)N3C(C(=O)O)=C(COC(C)=O)CS[C@@H]23)cs1. The lowest BCUT2D eigenvalue weighted by molar-refractivity contribution is -0.151. The van der Waals surface area contributed by atoms with Crippen molar-refractivity contribution < 1.29 is 33.8 Å². The summed E-state index contributed by atoms with van der Waals surface area (Å²) in [6.07, 6.45) is -0.0867. The van der Waals surface area contributed by atoms with Crippen molar-refractivity contribution in [3.8, 4) is 0 Å². The second kappa shape index (κ2) is 8.83. The van der Waals surface area contributed by atoms with E-state index in [0.717, 1.165) is 4.90 Å². The van der Waals surface area contributed by atoms with E-state index in [1.54, 1.807) is 5.38 Å². The van der Waals surface area contributed by atoms with E-state index in [9.17, 15) is 29.1 Å². The number of hydrogen-bond acceptors (Lipinski definition) is 9. The molecule has 1 fully saturated rings. The molecule has 0 saturated carbocycles. The van der Waals surface area contributed by atoms with Crippen LogP contribution in [0.4, 0.5) is 5.13 Å². The van der Waals surface area contributed by atoms with Crippen LogP contribution in [0.3, 0.4) is 0 Å². The lowest BCUT2D eigenvalue weighted by Gasteiger charge is -2.49. The topological polar surface area (TPSA) is 155 Å². The van der Waals surface area contributed by atoms with Crippen molar-refractivity contribution in [3.05, 3.63) is 22.3 Å². The van der Waals surface area contributed by atoms with Gasteiger partial charge in [-0.25, -0.2) is 9.78 Å². The van der Waals surface area contributed by atoms with Gasteiger partial charge in [-0.05, 0) is 0 Å². The standard InChI is InChI=1S/C17H18N4O7S2/c1-7(22)18-17-19-10(6-30-17)3-11(24)20-12-14(25)21-13(16(26)27)9(4-28-8(2)23)5-29-15(12)21/h6,12,15H,3-5H2,1-2H3,(H,20,24)(H,26,27)(H,18,19,22)/t12?,15-/m0/s1. The number of anilines is 1. The summed E-state index contributed by atoms with van der Waals surface area (Å²) in [6, 6.07) is -0.861. The number of thiazole rings is 1. The highest BCUT2D eigenvalue weighted by Gasteiger charge is 2.54. The van der Waals surface area contributed by atoms with Crippen LogP contribution in [0.1, 0.15) is 19.5 Å². The predicted octanol–water partition coefficient (Wildman–Crippen LogP) is -0.0543. The third-order valence-electron chi connectivity index (χ3n) is 4.19. The normalized spacial score (nSPS) is 20.2. The first kappa shape index (κ1) is 21.8. The van der Waals surface area contributed by atoms with Gasteiger partial charge in [0, 0.05) is 30.6 Å². The zero-order valence-corrected chi connectivity index (χ0v) is 17.6. The van der Waals surface area contributed by atoms with Gasteiger partial charge in [0.2, 0.25) is 11.8 Å². The van der Waals surface area contributed by atoms with Crippen molar-refractivity contribution in [1.82, 2.24) is 15.2 Å². The number of amides is 3. The first-order valence-electron chi connectivity index (χ1n) is 8.72. The molecule has 0 aromatic carbocycles. The molecule has 1 unspecified atom stereocenters. The molecule has 0 radical (unpaired) electrons. The molecule has 2 aliphatic rings. The first-order chi connectivity index (χ1) is 14.2. The molecule has 3 N–H and O–H groups in total. The lowest BCUT2D eigenvalue weighted by Crippen LogP contribution is -2.70. The summed E-state index contributed by atoms with van der Waals surface area (Å²) >= 11 is 2.46. The molecule has 2 atom stereocenters. The minimum absolute atomic E-state index is 0.0867. The van der Waals surface area contributed by atoms with Crippen LogP contribution in [0, 0.1) is 0 Å². The Balaban J connectivity index is 1.64. The molecule has 11 nitrogen and oxygen atoms in total. The van der Waals surface area contributed by atoms with Crippen LogP contribution >= 0.6 is 23.1 Å². The number of carbonyl (C=O) groups excluding carboxylic acids is 4. The zero-order chi connectivity index (χ0) is 22.0. The van der Waals surface area contributed by atoms with Gasteiger partial charge in [0.15, 0.2) is 5.13 Å². The molecular formula is C17H18N4O7S2. The molecular weight excluding hydrogens is 436 g/mol. The predicted molar refractivity (Wildman–Crippen MR) is 106 cm³/mol. The molecule has 160 valence electrons. The third-order valence-corrected chi connectivity index (χ3v) is 6.34. The number of nitrogens with zero attached hydrogens (tertiary/aromatic N) is 2. The third kappa shape index (κ3) is 4.62. The fourth-order valence-electron chi connectivity index (χ4n) is 2.97. The van der Waals surface area contributed by atoms with Gasteiger partial charge in [-0.2, -0.15) is 0 Å². The Labute approximate surface area is 178 Å². The highest BCUT2D eigenvalue weighted by Crippen LogP contribution is 2.40. The van der Waals surface area contributed by atoms with Crippen molar-refractivity contribution >= 4 is 57.9 Å². The summed E-state index contributed by atoms with van der Waals surface area (Å²) in [4.78, 5) is 63.8. The van der Waals surface area contributed by atoms with Gasteiger partial charge in [0.1, 0.15) is 23.7 Å². The molecule has 3 heterocycles. The molecule has 3 rings (SSSR count). The van der Waals surface area contributed by atoms with Gasteiger partial charge < -0.3 is 20.5 Å². The molecule has 1 aromatic heterocycles. The molecule has 30 heavy (non-hydrogen) atoms. The number of nitrogens with one attached hydrogen (secondary N) is 2. The number of β-lactam (4-membered cyclic amide) rings is 1. The largest absolute Gasteiger partial charge is 0.477 e. The zero-order valence-electron chi connectivity index (χ0n) is 16.0. The number of aromatic nitrogens is 1. The minimum Gasteiger partial charge on any atom is -0.477 e. The smallest absolute Gasteiger partial charge is 0.352 e. The van der Waals surface area contributed by atoms with Gasteiger partial charge in [-0.1, -0.05) is 0 Å². The van der Waals surface area contributed by atoms with E-state index in [1.807, 2.05) is 0 Å². The molecule has 0 bridgehead atoms. The Kier molecular flexibility index (Phi) is 6.41. The summed E-state index contributed by atoms with van der Waals surface area (Å²) in [5.74, 6) is -2.86. The molecule has 13 heteroatoms. The number of esters is 1. The van der Waals surface area contributed by atoms with Gasteiger partial charge in [0.05, 0.1) is 12.1 Å². The van der Waals surface area contributed by atoms with Crippen LogP contribution in [0.25, 0.3) is 0 Å². The van der Waals surface area contributed by atoms with Crippen LogP contribution in [0.2, 0.25) is 0 Å². The van der Waals surface area contributed by atoms with Gasteiger partial charge in [-0.3, -0.25) is 24.1 Å². The van der Waals surface area contributed by atoms with E-state index in [4.69, 9.17) is 4.74 Å². The molecule has 0 spiro atoms. The van der Waals surface area contributed by atoms with Crippen LogP contribution < -0.4 is 10.6 Å². The Morgan fingerprint density at radius 1 is 1.33 bits per heavy atom.